The fourth-order valence-electron chi connectivity index (χ4n) is 1.73. The van der Waals surface area contributed by atoms with Gasteiger partial charge in [-0.15, -0.1) is 0 Å². The minimum Gasteiger partial charge on any atom is -0.366 e. The van der Waals surface area contributed by atoms with E-state index in [2.05, 4.69) is 5.32 Å². The molecule has 1 heterocycles. The van der Waals surface area contributed by atoms with Gasteiger partial charge < -0.3 is 11.1 Å². The first-order valence-electron chi connectivity index (χ1n) is 5.45. The van der Waals surface area contributed by atoms with Crippen molar-refractivity contribution in [1.29, 1.82) is 0 Å². The monoisotopic (exact) mass is 250 g/mol. The maximum Gasteiger partial charge on any atom is 0.251 e. The van der Waals surface area contributed by atoms with Crippen molar-refractivity contribution in [2.45, 2.75) is 12.5 Å². The molecule has 0 aliphatic carbocycles. The zero-order chi connectivity index (χ0) is 12.3. The Kier molecular flexibility index (Phi) is 3.68. The quantitative estimate of drug-likeness (QED) is 0.841. The number of carbonyl (C=O) groups is 2. The van der Waals surface area contributed by atoms with Crippen molar-refractivity contribution < 1.29 is 9.59 Å². The highest BCUT2D eigenvalue weighted by molar-refractivity contribution is 7.99. The summed E-state index contributed by atoms with van der Waals surface area (Å²) in [6.07, 6.45) is 1.01. The smallest absolute Gasteiger partial charge is 0.251 e. The van der Waals surface area contributed by atoms with E-state index in [9.17, 15) is 9.59 Å². The molecule has 0 saturated carbocycles. The Morgan fingerprint density at radius 2 is 2.12 bits per heavy atom. The van der Waals surface area contributed by atoms with Crippen LogP contribution in [0.15, 0.2) is 24.3 Å². The third-order valence-electron chi connectivity index (χ3n) is 2.67. The number of amides is 2. The van der Waals surface area contributed by atoms with Gasteiger partial charge in [-0.3, -0.25) is 9.59 Å². The minimum absolute atomic E-state index is 0.138. The molecule has 1 unspecified atom stereocenters. The summed E-state index contributed by atoms with van der Waals surface area (Å²) in [6, 6.07) is 6.72. The van der Waals surface area contributed by atoms with Crippen LogP contribution >= 0.6 is 11.8 Å². The number of hydrogen-bond acceptors (Lipinski definition) is 3. The van der Waals surface area contributed by atoms with Gasteiger partial charge in [-0.1, -0.05) is 6.07 Å². The fraction of sp³-hybridized carbons (Fsp3) is 0.333. The largest absolute Gasteiger partial charge is 0.366 e. The predicted molar refractivity (Wildman–Crippen MR) is 68.2 cm³/mol. The highest BCUT2D eigenvalue weighted by Crippen LogP contribution is 2.17. The lowest BCUT2D eigenvalue weighted by Gasteiger charge is -2.11. The summed E-state index contributed by atoms with van der Waals surface area (Å²) in [5.41, 5.74) is 6.02. The van der Waals surface area contributed by atoms with Crippen LogP contribution in [0.4, 0.5) is 0 Å². The van der Waals surface area contributed by atoms with Crippen molar-refractivity contribution >= 4 is 23.6 Å². The highest BCUT2D eigenvalue weighted by atomic mass is 32.2. The first-order chi connectivity index (χ1) is 8.16. The molecule has 3 N–H and O–H groups in total. The van der Waals surface area contributed by atoms with Crippen LogP contribution in [0.3, 0.4) is 0 Å². The molecule has 1 aromatic rings. The topological polar surface area (TPSA) is 72.2 Å². The third kappa shape index (κ3) is 3.00. The van der Waals surface area contributed by atoms with Gasteiger partial charge in [0.25, 0.3) is 5.91 Å². The van der Waals surface area contributed by atoms with Gasteiger partial charge in [0.1, 0.15) is 0 Å². The Morgan fingerprint density at radius 1 is 1.35 bits per heavy atom. The van der Waals surface area contributed by atoms with Gasteiger partial charge in [-0.25, -0.2) is 0 Å². The zero-order valence-electron chi connectivity index (χ0n) is 9.31. The van der Waals surface area contributed by atoms with Crippen LogP contribution in [0.25, 0.3) is 0 Å². The molecule has 1 atom stereocenters. The van der Waals surface area contributed by atoms with E-state index in [1.807, 2.05) is 11.8 Å². The molecule has 1 saturated heterocycles. The van der Waals surface area contributed by atoms with Crippen molar-refractivity contribution in [2.75, 3.05) is 11.5 Å². The van der Waals surface area contributed by atoms with Crippen molar-refractivity contribution in [2.24, 2.45) is 5.73 Å². The summed E-state index contributed by atoms with van der Waals surface area (Å²) in [6.45, 7) is 0. The number of benzene rings is 1. The van der Waals surface area contributed by atoms with Gasteiger partial charge in [0.15, 0.2) is 0 Å². The molecule has 0 aromatic heterocycles. The molecule has 1 aliphatic heterocycles. The van der Waals surface area contributed by atoms with Crippen molar-refractivity contribution in [3.63, 3.8) is 0 Å². The van der Waals surface area contributed by atoms with E-state index in [-0.39, 0.29) is 11.9 Å². The predicted octanol–water partition coefficient (Wildman–Crippen LogP) is 1.02. The Labute approximate surface area is 104 Å². The molecule has 90 valence electrons. The van der Waals surface area contributed by atoms with Crippen LogP contribution in [0.1, 0.15) is 27.1 Å². The van der Waals surface area contributed by atoms with E-state index in [4.69, 9.17) is 5.73 Å². The van der Waals surface area contributed by atoms with Crippen LogP contribution in [-0.4, -0.2) is 29.4 Å². The second-order valence-electron chi connectivity index (χ2n) is 3.98. The van der Waals surface area contributed by atoms with Crippen LogP contribution in [-0.2, 0) is 0 Å². The average molecular weight is 250 g/mol. The maximum absolute atomic E-state index is 11.9. The molecular weight excluding hydrogens is 236 g/mol. The summed E-state index contributed by atoms with van der Waals surface area (Å²) >= 11 is 1.84. The first kappa shape index (κ1) is 12.0. The Hall–Kier alpha value is -1.49. The van der Waals surface area contributed by atoms with Gasteiger partial charge in [-0.05, 0) is 30.4 Å². The Morgan fingerprint density at radius 3 is 2.76 bits per heavy atom. The SMILES string of the molecule is NC(=O)c1cccc(C(=O)NC2CCSC2)c1. The lowest BCUT2D eigenvalue weighted by molar-refractivity contribution is 0.0941. The van der Waals surface area contributed by atoms with E-state index >= 15 is 0 Å². The highest BCUT2D eigenvalue weighted by Gasteiger charge is 2.18. The van der Waals surface area contributed by atoms with Gasteiger partial charge >= 0.3 is 0 Å². The van der Waals surface area contributed by atoms with E-state index in [1.165, 1.54) is 6.07 Å². The summed E-state index contributed by atoms with van der Waals surface area (Å²) in [5.74, 6) is 1.39. The molecule has 17 heavy (non-hydrogen) atoms. The first-order valence-corrected chi connectivity index (χ1v) is 6.61. The zero-order valence-corrected chi connectivity index (χ0v) is 10.1. The number of primary amides is 1. The van der Waals surface area contributed by atoms with Gasteiger partial charge in [0.2, 0.25) is 5.91 Å². The normalized spacial score (nSPS) is 18.9. The number of nitrogens with two attached hydrogens (primary N) is 1. The summed E-state index contributed by atoms with van der Waals surface area (Å²) in [7, 11) is 0. The van der Waals surface area contributed by atoms with Crippen LogP contribution < -0.4 is 11.1 Å². The van der Waals surface area contributed by atoms with E-state index in [0.29, 0.717) is 11.1 Å². The molecule has 1 fully saturated rings. The lowest BCUT2D eigenvalue weighted by Crippen LogP contribution is -2.34. The molecule has 1 aliphatic rings. The molecule has 0 bridgehead atoms. The molecule has 2 amide bonds. The molecule has 5 heteroatoms. The summed E-state index contributed by atoms with van der Waals surface area (Å²) in [5, 5.41) is 2.95. The van der Waals surface area contributed by atoms with E-state index in [1.54, 1.807) is 18.2 Å². The number of hydrogen-bond donors (Lipinski definition) is 2. The molecule has 4 nitrogen and oxygen atoms in total. The minimum atomic E-state index is -0.518. The van der Waals surface area contributed by atoms with Gasteiger partial charge in [0, 0.05) is 22.9 Å². The second-order valence-corrected chi connectivity index (χ2v) is 5.13. The Bertz CT molecular complexity index is 442. The second kappa shape index (κ2) is 5.23. The van der Waals surface area contributed by atoms with Crippen LogP contribution in [0, 0.1) is 0 Å². The maximum atomic E-state index is 11.9. The van der Waals surface area contributed by atoms with Crippen LogP contribution in [0.2, 0.25) is 0 Å². The van der Waals surface area contributed by atoms with Crippen molar-refractivity contribution in [3.8, 4) is 0 Å². The number of rotatable bonds is 3. The standard InChI is InChI=1S/C12H14N2O2S/c13-11(15)8-2-1-3-9(6-8)12(16)14-10-4-5-17-7-10/h1-3,6,10H,4-5,7H2,(H2,13,15)(H,14,16). The molecule has 2 rings (SSSR count). The molecule has 0 radical (unpaired) electrons. The van der Waals surface area contributed by atoms with Crippen LogP contribution in [0.5, 0.6) is 0 Å². The number of carbonyl (C=O) groups excluding carboxylic acids is 2. The van der Waals surface area contributed by atoms with Crippen molar-refractivity contribution in [1.82, 2.24) is 5.32 Å². The molecule has 1 aromatic carbocycles. The summed E-state index contributed by atoms with van der Waals surface area (Å²) < 4.78 is 0. The van der Waals surface area contributed by atoms with Crippen molar-refractivity contribution in [3.05, 3.63) is 35.4 Å². The Balaban J connectivity index is 2.07. The average Bonchev–Trinajstić information content (AvgIpc) is 2.82. The van der Waals surface area contributed by atoms with E-state index < -0.39 is 5.91 Å². The van der Waals surface area contributed by atoms with E-state index in [0.717, 1.165) is 17.9 Å². The molecular formula is C12H14N2O2S. The van der Waals surface area contributed by atoms with Gasteiger partial charge in [-0.2, -0.15) is 11.8 Å². The fourth-order valence-corrected chi connectivity index (χ4v) is 2.88. The number of nitrogens with one attached hydrogen (secondary N) is 1. The lowest BCUT2D eigenvalue weighted by atomic mass is 10.1. The number of thioether (sulfide) groups is 1. The van der Waals surface area contributed by atoms with Gasteiger partial charge in [0.05, 0.1) is 0 Å². The third-order valence-corrected chi connectivity index (χ3v) is 3.84. The summed E-state index contributed by atoms with van der Waals surface area (Å²) in [4.78, 5) is 22.9. The molecule has 0 spiro atoms.